The molecule has 2 spiro atoms. The van der Waals surface area contributed by atoms with Crippen LogP contribution in [0.5, 0.6) is 0 Å². The fourth-order valence-corrected chi connectivity index (χ4v) is 9.27. The van der Waals surface area contributed by atoms with Crippen molar-refractivity contribution in [3.8, 4) is 0 Å². The summed E-state index contributed by atoms with van der Waals surface area (Å²) in [4.78, 5) is 116. The third-order valence-corrected chi connectivity index (χ3v) is 13.2. The summed E-state index contributed by atoms with van der Waals surface area (Å²) in [7, 11) is 0. The molecule has 0 saturated carbocycles. The summed E-state index contributed by atoms with van der Waals surface area (Å²) in [5.74, 6) is -6.34. The minimum absolute atomic E-state index is 0.0849. The van der Waals surface area contributed by atoms with Crippen LogP contribution in [0.4, 0.5) is 56.1 Å². The number of anilines is 2. The number of carbonyl (C=O) groups is 9. The van der Waals surface area contributed by atoms with Gasteiger partial charge in [-0.1, -0.05) is 36.4 Å². The number of rotatable bonds is 12. The van der Waals surface area contributed by atoms with Gasteiger partial charge in [0.2, 0.25) is 23.6 Å². The summed E-state index contributed by atoms with van der Waals surface area (Å²) in [5, 5.41) is 10.2. The molecular formula is C50H46F8N8O9. The fraction of sp³-hybridized carbons (Fsp3) is 0.340. The van der Waals surface area contributed by atoms with Crippen molar-refractivity contribution in [1.29, 1.82) is 0 Å². The number of amides is 10. The number of urea groups is 2. The smallest absolute Gasteiger partial charge is 0.326 e. The number of halogens is 8. The summed E-state index contributed by atoms with van der Waals surface area (Å²) in [5.41, 5.74) is -0.548. The van der Waals surface area contributed by atoms with Crippen LogP contribution in [0.25, 0.3) is 0 Å². The summed E-state index contributed by atoms with van der Waals surface area (Å²) < 4.78 is 108. The van der Waals surface area contributed by atoms with Gasteiger partial charge in [0.25, 0.3) is 11.8 Å². The highest BCUT2D eigenvalue weighted by molar-refractivity contribution is 6.17. The van der Waals surface area contributed by atoms with Gasteiger partial charge in [0.1, 0.15) is 42.3 Å². The first kappa shape index (κ1) is 54.5. The van der Waals surface area contributed by atoms with E-state index in [1.165, 1.54) is 56.3 Å². The average molecular weight is 1050 g/mol. The van der Waals surface area contributed by atoms with Gasteiger partial charge in [-0.25, -0.2) is 18.4 Å². The molecule has 4 aromatic rings. The normalized spacial score (nSPS) is 19.5. The number of benzene rings is 4. The van der Waals surface area contributed by atoms with E-state index in [9.17, 15) is 78.3 Å². The maximum atomic E-state index is 13.6. The lowest BCUT2D eigenvalue weighted by atomic mass is 9.91. The Kier molecular flexibility index (Phi) is 15.0. The van der Waals surface area contributed by atoms with Crippen LogP contribution in [0.3, 0.4) is 0 Å². The van der Waals surface area contributed by atoms with Gasteiger partial charge in [-0.3, -0.25) is 43.4 Å². The van der Waals surface area contributed by atoms with Gasteiger partial charge >= 0.3 is 24.4 Å². The Morgan fingerprint density at radius 1 is 0.613 bits per heavy atom. The van der Waals surface area contributed by atoms with Crippen LogP contribution in [-0.2, 0) is 59.4 Å². The Morgan fingerprint density at radius 2 is 1.03 bits per heavy atom. The zero-order valence-electron chi connectivity index (χ0n) is 40.2. The summed E-state index contributed by atoms with van der Waals surface area (Å²) in [6.45, 7) is 1.22. The lowest BCUT2D eigenvalue weighted by molar-refractivity contribution is -0.187. The standard InChI is InChI=1S/C25H22F4N4O5.C25H24F4N4O4/c1-13(25(27,28)29)32(11-15-3-5-16(26)6-4-15)21(36)12-33-22(37)24(31-23(33)38)10-20(35)18-9-17(30-14(2)34)7-8-19(18)24;1-14(25(27,28)29)32(12-16-3-5-18(26)6-4-16)21(35)13-33-22(36)24(31-23(33)37)10-9-17-11-19(30-15(2)34)7-8-20(17)24/h3-9,13H,10-12H2,1-2H3,(H,30,34)(H,31,38);3-8,11,14H,9-10,12-13H2,1-2H3,(H,30,34)(H,31,37)/t13-,24?;14-,24?/m00/s1. The van der Waals surface area contributed by atoms with Crippen LogP contribution >= 0.6 is 0 Å². The Balaban J connectivity index is 0.000000219. The molecule has 2 saturated heterocycles. The van der Waals surface area contributed by atoms with E-state index >= 15 is 0 Å². The molecule has 0 aromatic heterocycles. The fourth-order valence-electron chi connectivity index (χ4n) is 9.27. The van der Waals surface area contributed by atoms with Gasteiger partial charge in [-0.05, 0) is 103 Å². The second-order valence-corrected chi connectivity index (χ2v) is 18.3. The number of hydrogen-bond acceptors (Lipinski definition) is 9. The van der Waals surface area contributed by atoms with Crippen molar-refractivity contribution < 1.29 is 78.3 Å². The van der Waals surface area contributed by atoms with Crippen LogP contribution in [-0.4, -0.2) is 110 Å². The third kappa shape index (κ3) is 11.2. The maximum Gasteiger partial charge on any atom is 0.408 e. The molecule has 4 N–H and O–H groups in total. The second kappa shape index (κ2) is 20.6. The van der Waals surface area contributed by atoms with Crippen molar-refractivity contribution >= 4 is 64.7 Å². The highest BCUT2D eigenvalue weighted by atomic mass is 19.4. The van der Waals surface area contributed by atoms with E-state index in [0.29, 0.717) is 43.0 Å². The minimum Gasteiger partial charge on any atom is -0.326 e. The summed E-state index contributed by atoms with van der Waals surface area (Å²) in [6.07, 6.45) is -9.46. The van der Waals surface area contributed by atoms with Crippen molar-refractivity contribution in [3.63, 3.8) is 0 Å². The van der Waals surface area contributed by atoms with E-state index in [1.807, 2.05) is 0 Å². The van der Waals surface area contributed by atoms with E-state index in [0.717, 1.165) is 43.7 Å². The molecule has 2 unspecified atom stereocenters. The SMILES string of the molecule is CC(=O)Nc1ccc2c(c1)C(=O)CC21NC(=O)N(CC(=O)N(Cc2ccc(F)cc2)[C@@H](C)C(F)(F)F)C1=O.CC(=O)Nc1ccc2c(c1)CCC21NC(=O)N(CC(=O)N(Cc2ccc(F)cc2)[C@@H](C)C(F)(F)F)C1=O. The van der Waals surface area contributed by atoms with Gasteiger partial charge in [-0.2, -0.15) is 26.3 Å². The van der Waals surface area contributed by atoms with Gasteiger partial charge in [-0.15, -0.1) is 0 Å². The summed E-state index contributed by atoms with van der Waals surface area (Å²) in [6, 6.07) is 11.7. The molecule has 17 nitrogen and oxygen atoms in total. The second-order valence-electron chi connectivity index (χ2n) is 18.3. The molecule has 10 amide bonds. The predicted octanol–water partition coefficient (Wildman–Crippen LogP) is 6.55. The highest BCUT2D eigenvalue weighted by Crippen LogP contribution is 2.44. The number of fused-ring (bicyclic) bond motifs is 4. The number of imide groups is 2. The van der Waals surface area contributed by atoms with E-state index in [2.05, 4.69) is 21.3 Å². The number of ketones is 1. The molecule has 2 aliphatic carbocycles. The zero-order chi connectivity index (χ0) is 55.1. The minimum atomic E-state index is -4.82. The largest absolute Gasteiger partial charge is 0.408 e. The quantitative estimate of drug-likeness (QED) is 0.0893. The predicted molar refractivity (Wildman–Crippen MR) is 248 cm³/mol. The Labute approximate surface area is 421 Å². The van der Waals surface area contributed by atoms with Gasteiger partial charge < -0.3 is 31.1 Å². The zero-order valence-corrected chi connectivity index (χ0v) is 40.2. The molecule has 75 heavy (non-hydrogen) atoms. The molecular weight excluding hydrogens is 1010 g/mol. The van der Waals surface area contributed by atoms with Crippen LogP contribution in [0.2, 0.25) is 0 Å². The molecule has 25 heteroatoms. The van der Waals surface area contributed by atoms with Crippen LogP contribution in [0, 0.1) is 11.6 Å². The molecule has 8 rings (SSSR count). The molecule has 396 valence electrons. The Morgan fingerprint density at radius 3 is 1.47 bits per heavy atom. The lowest BCUT2D eigenvalue weighted by Gasteiger charge is -2.32. The van der Waals surface area contributed by atoms with Crippen molar-refractivity contribution in [3.05, 3.63) is 130 Å². The van der Waals surface area contributed by atoms with Crippen molar-refractivity contribution in [2.45, 2.75) is 95.6 Å². The third-order valence-electron chi connectivity index (χ3n) is 13.2. The lowest BCUT2D eigenvalue weighted by Crippen LogP contribution is -2.51. The number of nitrogens with one attached hydrogen (secondary N) is 4. The van der Waals surface area contributed by atoms with Crippen molar-refractivity contribution in [1.82, 2.24) is 30.2 Å². The van der Waals surface area contributed by atoms with Gasteiger partial charge in [0.05, 0.1) is 0 Å². The first-order chi connectivity index (χ1) is 35.0. The number of hydrogen-bond donors (Lipinski definition) is 4. The monoisotopic (exact) mass is 1050 g/mol. The average Bonchev–Trinajstić information content (AvgIpc) is 3.98. The number of aryl methyl sites for hydroxylation is 1. The molecule has 4 atom stereocenters. The number of carbonyl (C=O) groups excluding carboxylic acids is 9. The van der Waals surface area contributed by atoms with Gasteiger partial charge in [0.15, 0.2) is 11.3 Å². The summed E-state index contributed by atoms with van der Waals surface area (Å²) >= 11 is 0. The first-order valence-corrected chi connectivity index (χ1v) is 22.9. The van der Waals surface area contributed by atoms with Crippen molar-refractivity contribution in [2.75, 3.05) is 23.7 Å². The number of Topliss-reactive ketones (excluding diaryl/α,β-unsaturated/α-hetero) is 1. The molecule has 4 aromatic carbocycles. The van der Waals surface area contributed by atoms with Crippen molar-refractivity contribution in [2.24, 2.45) is 0 Å². The Bertz CT molecular complexity index is 3010. The molecule has 4 aliphatic rings. The molecule has 0 bridgehead atoms. The van der Waals surface area contributed by atoms with Crippen LogP contribution in [0.15, 0.2) is 84.9 Å². The van der Waals surface area contributed by atoms with Gasteiger partial charge in [0, 0.05) is 50.3 Å². The highest BCUT2D eigenvalue weighted by Gasteiger charge is 2.59. The maximum absolute atomic E-state index is 13.6. The van der Waals surface area contributed by atoms with E-state index in [1.54, 1.807) is 18.2 Å². The number of alkyl halides is 6. The Hall–Kier alpha value is -8.25. The van der Waals surface area contributed by atoms with E-state index in [-0.39, 0.29) is 34.6 Å². The number of nitrogens with zero attached hydrogens (tertiary/aromatic N) is 4. The molecule has 2 heterocycles. The van der Waals surface area contributed by atoms with E-state index < -0.39 is 127 Å². The topological polar surface area (TPSA) is 215 Å². The van der Waals surface area contributed by atoms with Crippen LogP contribution < -0.4 is 21.3 Å². The molecule has 0 radical (unpaired) electrons. The molecule has 2 fully saturated rings. The first-order valence-electron chi connectivity index (χ1n) is 22.9. The van der Waals surface area contributed by atoms with Crippen LogP contribution in [0.1, 0.15) is 78.7 Å². The van der Waals surface area contributed by atoms with E-state index in [4.69, 9.17) is 0 Å². The molecule has 2 aliphatic heterocycles.